The summed E-state index contributed by atoms with van der Waals surface area (Å²) in [4.78, 5) is 38.5. The van der Waals surface area contributed by atoms with Crippen molar-refractivity contribution >= 4 is 46.7 Å². The molecule has 0 spiro atoms. The third-order valence-corrected chi connectivity index (χ3v) is 4.52. The second-order valence-corrected chi connectivity index (χ2v) is 8.26. The van der Waals surface area contributed by atoms with Crippen molar-refractivity contribution in [2.75, 3.05) is 23.4 Å². The van der Waals surface area contributed by atoms with Gasteiger partial charge in [0.05, 0.1) is 18.4 Å². The van der Waals surface area contributed by atoms with E-state index in [0.29, 0.717) is 17.8 Å². The van der Waals surface area contributed by atoms with Crippen molar-refractivity contribution < 1.29 is 23.9 Å². The summed E-state index contributed by atoms with van der Waals surface area (Å²) >= 11 is 5.10. The van der Waals surface area contributed by atoms with Crippen molar-refractivity contribution in [3.8, 4) is 6.07 Å². The molecule has 2 amide bonds. The molecule has 1 heterocycles. The summed E-state index contributed by atoms with van der Waals surface area (Å²) in [6, 6.07) is 7.16. The van der Waals surface area contributed by atoms with E-state index < -0.39 is 29.5 Å². The van der Waals surface area contributed by atoms with Gasteiger partial charge in [-0.3, -0.25) is 19.8 Å². The van der Waals surface area contributed by atoms with Crippen LogP contribution in [0.25, 0.3) is 0 Å². The van der Waals surface area contributed by atoms with E-state index >= 15 is 0 Å². The molecule has 1 atom stereocenters. The Bertz CT molecular complexity index is 919. The summed E-state index contributed by atoms with van der Waals surface area (Å²) in [5.41, 5.74) is 1.09. The van der Waals surface area contributed by atoms with Crippen molar-refractivity contribution in [3.05, 3.63) is 23.8 Å². The fourth-order valence-electron chi connectivity index (χ4n) is 3.08. The number of nitrogens with zero attached hydrogens (tertiary/aromatic N) is 2. The zero-order valence-electron chi connectivity index (χ0n) is 18.0. The van der Waals surface area contributed by atoms with Crippen LogP contribution in [0.15, 0.2) is 18.2 Å². The second-order valence-electron chi connectivity index (χ2n) is 7.85. The Morgan fingerprint density at radius 1 is 1.35 bits per heavy atom. The Morgan fingerprint density at radius 3 is 2.68 bits per heavy atom. The van der Waals surface area contributed by atoms with Crippen LogP contribution in [0.3, 0.4) is 0 Å². The van der Waals surface area contributed by atoms with Crippen molar-refractivity contribution in [1.82, 2.24) is 5.32 Å². The lowest BCUT2D eigenvalue weighted by Gasteiger charge is -2.26. The first-order valence-electron chi connectivity index (χ1n) is 9.84. The van der Waals surface area contributed by atoms with Gasteiger partial charge < -0.3 is 14.8 Å². The van der Waals surface area contributed by atoms with Gasteiger partial charge in [-0.05, 0) is 70.5 Å². The number of thiocarbonyl (C=S) groups is 1. The molecule has 1 unspecified atom stereocenters. The second kappa shape index (κ2) is 10.2. The number of carbonyl (C=O) groups excluding carboxylic acids is 3. The van der Waals surface area contributed by atoms with Crippen LogP contribution in [0.2, 0.25) is 0 Å². The minimum atomic E-state index is -0.997. The smallest absolute Gasteiger partial charge is 0.413 e. The number of ether oxygens (including phenoxy) is 2. The van der Waals surface area contributed by atoms with E-state index in [9.17, 15) is 19.6 Å². The highest BCUT2D eigenvalue weighted by molar-refractivity contribution is 7.80. The van der Waals surface area contributed by atoms with Crippen LogP contribution in [-0.4, -0.2) is 41.8 Å². The van der Waals surface area contributed by atoms with Gasteiger partial charge >= 0.3 is 12.1 Å². The molecular formula is C21H26N4O5S. The van der Waals surface area contributed by atoms with E-state index in [2.05, 4.69) is 10.6 Å². The molecule has 10 heteroatoms. The van der Waals surface area contributed by atoms with Crippen molar-refractivity contribution in [2.24, 2.45) is 5.92 Å². The predicted molar refractivity (Wildman–Crippen MR) is 118 cm³/mol. The number of carbonyl (C=O) groups is 3. The zero-order chi connectivity index (χ0) is 23.2. The van der Waals surface area contributed by atoms with E-state index in [1.165, 1.54) is 4.90 Å². The van der Waals surface area contributed by atoms with Gasteiger partial charge in [0.25, 0.3) is 0 Å². The molecule has 0 saturated heterocycles. The van der Waals surface area contributed by atoms with E-state index in [0.717, 1.165) is 5.56 Å². The molecule has 0 fully saturated rings. The molecule has 1 aromatic rings. The molecule has 1 aliphatic heterocycles. The number of aryl methyl sites for hydroxylation is 1. The number of hydrogen-bond acceptors (Lipinski definition) is 7. The molecule has 0 saturated carbocycles. The number of nitrogens with one attached hydrogen (secondary N) is 2. The average Bonchev–Trinajstić information content (AvgIpc) is 2.78. The minimum Gasteiger partial charge on any atom is -0.459 e. The molecule has 0 bridgehead atoms. The van der Waals surface area contributed by atoms with Crippen LogP contribution in [0.4, 0.5) is 16.2 Å². The van der Waals surface area contributed by atoms with E-state index in [1.807, 2.05) is 6.07 Å². The van der Waals surface area contributed by atoms with E-state index in [-0.39, 0.29) is 24.7 Å². The number of alkyl carbamates (subject to hydrolysis) is 1. The van der Waals surface area contributed by atoms with Crippen molar-refractivity contribution in [1.29, 1.82) is 5.26 Å². The SMILES string of the molecule is CCOC(=O)NC(=S)Nc1ccc2c(c1)N(CC#N)C(=O)C(C(=O)OC(C)(C)C)CC2. The normalized spacial score (nSPS) is 15.8. The van der Waals surface area contributed by atoms with Crippen LogP contribution in [0.1, 0.15) is 39.7 Å². The fraction of sp³-hybridized carbons (Fsp3) is 0.476. The van der Waals surface area contributed by atoms with Crippen LogP contribution in [0.5, 0.6) is 0 Å². The molecule has 0 aliphatic carbocycles. The number of esters is 1. The molecule has 0 aromatic heterocycles. The first kappa shape index (κ1) is 24.1. The maximum atomic E-state index is 13.1. The predicted octanol–water partition coefficient (Wildman–Crippen LogP) is 2.89. The first-order valence-corrected chi connectivity index (χ1v) is 10.3. The average molecular weight is 447 g/mol. The van der Waals surface area contributed by atoms with Crippen molar-refractivity contribution in [2.45, 2.75) is 46.1 Å². The maximum absolute atomic E-state index is 13.1. The Kier molecular flexibility index (Phi) is 7.94. The number of rotatable bonds is 4. The molecule has 2 rings (SSSR count). The van der Waals surface area contributed by atoms with Gasteiger partial charge in [0.2, 0.25) is 5.91 Å². The molecule has 1 aliphatic rings. The highest BCUT2D eigenvalue weighted by atomic mass is 32.1. The zero-order valence-corrected chi connectivity index (χ0v) is 18.8. The monoisotopic (exact) mass is 446 g/mol. The van der Waals surface area contributed by atoms with E-state index in [4.69, 9.17) is 21.7 Å². The number of amides is 2. The summed E-state index contributed by atoms with van der Waals surface area (Å²) in [6.07, 6.45) is 0.0491. The number of hydrogen-bond donors (Lipinski definition) is 2. The third kappa shape index (κ3) is 6.65. The Labute approximate surface area is 186 Å². The summed E-state index contributed by atoms with van der Waals surface area (Å²) < 4.78 is 10.2. The third-order valence-electron chi connectivity index (χ3n) is 4.31. The summed E-state index contributed by atoms with van der Waals surface area (Å²) in [7, 11) is 0. The van der Waals surface area contributed by atoms with Crippen LogP contribution < -0.4 is 15.5 Å². The molecule has 1 aromatic carbocycles. The number of anilines is 2. The van der Waals surface area contributed by atoms with Gasteiger partial charge in [0, 0.05) is 5.69 Å². The summed E-state index contributed by atoms with van der Waals surface area (Å²) in [5, 5.41) is 14.5. The van der Waals surface area contributed by atoms with Crippen LogP contribution in [0, 0.1) is 17.2 Å². The Balaban J connectivity index is 2.27. The molecule has 0 radical (unpaired) electrons. The highest BCUT2D eigenvalue weighted by Crippen LogP contribution is 2.32. The Morgan fingerprint density at radius 2 is 2.06 bits per heavy atom. The highest BCUT2D eigenvalue weighted by Gasteiger charge is 2.37. The standard InChI is InChI=1S/C21H26N4O5S/c1-5-29-20(28)24-19(31)23-14-8-6-13-7-9-15(18(27)30-21(2,3)4)17(26)25(11-10-22)16(13)12-14/h6,8,12,15H,5,7,9,11H2,1-4H3,(H2,23,24,28,31). The lowest BCUT2D eigenvalue weighted by molar-refractivity contribution is -0.162. The lowest BCUT2D eigenvalue weighted by Crippen LogP contribution is -2.41. The molecule has 9 nitrogen and oxygen atoms in total. The lowest BCUT2D eigenvalue weighted by atomic mass is 10.00. The van der Waals surface area contributed by atoms with Gasteiger partial charge in [-0.15, -0.1) is 0 Å². The summed E-state index contributed by atoms with van der Waals surface area (Å²) in [5.74, 6) is -2.09. The largest absolute Gasteiger partial charge is 0.459 e. The fourth-order valence-corrected chi connectivity index (χ4v) is 3.28. The quantitative estimate of drug-likeness (QED) is 0.313. The molecule has 31 heavy (non-hydrogen) atoms. The maximum Gasteiger partial charge on any atom is 0.413 e. The summed E-state index contributed by atoms with van der Waals surface area (Å²) in [6.45, 7) is 6.86. The van der Waals surface area contributed by atoms with Gasteiger partial charge in [-0.1, -0.05) is 6.07 Å². The van der Waals surface area contributed by atoms with E-state index in [1.54, 1.807) is 45.9 Å². The Hall–Kier alpha value is -3.19. The molecule has 2 N–H and O–H groups in total. The topological polar surface area (TPSA) is 121 Å². The molecule has 166 valence electrons. The van der Waals surface area contributed by atoms with Crippen molar-refractivity contribution in [3.63, 3.8) is 0 Å². The van der Waals surface area contributed by atoms with Gasteiger partial charge in [0.1, 0.15) is 18.1 Å². The number of nitriles is 1. The number of benzene rings is 1. The minimum absolute atomic E-state index is 0.0248. The first-order chi connectivity index (χ1) is 14.6. The van der Waals surface area contributed by atoms with Gasteiger partial charge in [-0.25, -0.2) is 4.79 Å². The number of fused-ring (bicyclic) bond motifs is 1. The molecular weight excluding hydrogens is 420 g/mol. The van der Waals surface area contributed by atoms with Crippen LogP contribution >= 0.6 is 12.2 Å². The van der Waals surface area contributed by atoms with Gasteiger partial charge in [0.15, 0.2) is 5.11 Å². The van der Waals surface area contributed by atoms with Gasteiger partial charge in [-0.2, -0.15) is 5.26 Å². The van der Waals surface area contributed by atoms with Crippen LogP contribution in [-0.2, 0) is 25.5 Å².